The summed E-state index contributed by atoms with van der Waals surface area (Å²) in [5, 5.41) is 0. The van der Waals surface area contributed by atoms with Gasteiger partial charge in [0.1, 0.15) is 11.2 Å². The molecule has 38 heavy (non-hydrogen) atoms. The van der Waals surface area contributed by atoms with Crippen LogP contribution in [0.1, 0.15) is 44.7 Å². The molecule has 2 aliphatic carbocycles. The predicted octanol–water partition coefficient (Wildman–Crippen LogP) is 5.35. The van der Waals surface area contributed by atoms with Crippen LogP contribution in [0.3, 0.4) is 0 Å². The quantitative estimate of drug-likeness (QED) is 0.528. The molecule has 0 radical (unpaired) electrons. The summed E-state index contributed by atoms with van der Waals surface area (Å²) >= 11 is 0. The average molecular weight is 525 g/mol. The maximum atomic E-state index is 7.26. The van der Waals surface area contributed by atoms with Crippen molar-refractivity contribution >= 4 is 0 Å². The maximum absolute atomic E-state index is 7.26. The standard InChI is InChI=1S/C32H44O6/c1-29(2)28-14-15-30(29,3)32(27-12-8-5-9-13-27)31(28,26-10-6-4-7-11-26)37-24-22-35-20-18-33-16-17-34-19-21-36-23-25-38-32/h4-13,28H,14-25H2,1-3H3/t28-,30+,31+,32-/m0/s1. The van der Waals surface area contributed by atoms with Gasteiger partial charge >= 0.3 is 0 Å². The van der Waals surface area contributed by atoms with Crippen LogP contribution < -0.4 is 0 Å². The Bertz CT molecular complexity index is 1010. The summed E-state index contributed by atoms with van der Waals surface area (Å²) in [7, 11) is 0. The van der Waals surface area contributed by atoms with Gasteiger partial charge in [0.15, 0.2) is 0 Å². The molecule has 2 bridgehead atoms. The van der Waals surface area contributed by atoms with Crippen LogP contribution in [0.25, 0.3) is 0 Å². The second-order valence-corrected chi connectivity index (χ2v) is 11.4. The van der Waals surface area contributed by atoms with Gasteiger partial charge in [0, 0.05) is 11.3 Å². The first kappa shape index (κ1) is 27.8. The molecular formula is C32H44O6. The van der Waals surface area contributed by atoms with Crippen molar-refractivity contribution in [2.24, 2.45) is 16.7 Å². The summed E-state index contributed by atoms with van der Waals surface area (Å²) in [6, 6.07) is 21.5. The Morgan fingerprint density at radius 1 is 0.553 bits per heavy atom. The summed E-state index contributed by atoms with van der Waals surface area (Å²) in [5.41, 5.74) is 0.691. The second kappa shape index (κ2) is 11.7. The second-order valence-electron chi connectivity index (χ2n) is 11.4. The fourth-order valence-corrected chi connectivity index (χ4v) is 7.71. The van der Waals surface area contributed by atoms with E-state index in [2.05, 4.69) is 81.4 Å². The van der Waals surface area contributed by atoms with Crippen LogP contribution in [-0.4, -0.2) is 66.1 Å². The van der Waals surface area contributed by atoms with Crippen molar-refractivity contribution in [3.63, 3.8) is 0 Å². The lowest BCUT2D eigenvalue weighted by atomic mass is 9.58. The van der Waals surface area contributed by atoms with Crippen LogP contribution in [0.15, 0.2) is 60.7 Å². The van der Waals surface area contributed by atoms with Crippen LogP contribution in [-0.2, 0) is 39.6 Å². The van der Waals surface area contributed by atoms with Crippen molar-refractivity contribution in [1.29, 1.82) is 0 Å². The van der Waals surface area contributed by atoms with E-state index in [1.807, 2.05) is 0 Å². The summed E-state index contributed by atoms with van der Waals surface area (Å²) < 4.78 is 37.7. The van der Waals surface area contributed by atoms with Crippen molar-refractivity contribution in [3.05, 3.63) is 71.8 Å². The highest BCUT2D eigenvalue weighted by Gasteiger charge is 2.82. The van der Waals surface area contributed by atoms with Gasteiger partial charge in [0.05, 0.1) is 66.1 Å². The third-order valence-corrected chi connectivity index (χ3v) is 9.62. The molecular weight excluding hydrogens is 480 g/mol. The maximum Gasteiger partial charge on any atom is 0.132 e. The third kappa shape index (κ3) is 4.43. The molecule has 1 aliphatic heterocycles. The van der Waals surface area contributed by atoms with Gasteiger partial charge in [-0.1, -0.05) is 81.4 Å². The van der Waals surface area contributed by atoms with E-state index >= 15 is 0 Å². The Balaban J connectivity index is 1.62. The molecule has 0 N–H and O–H groups in total. The number of hydrogen-bond donors (Lipinski definition) is 0. The van der Waals surface area contributed by atoms with Crippen molar-refractivity contribution < 1.29 is 28.4 Å². The number of rotatable bonds is 2. The van der Waals surface area contributed by atoms with E-state index in [0.29, 0.717) is 66.1 Å². The molecule has 3 aliphatic rings. The van der Waals surface area contributed by atoms with Crippen LogP contribution >= 0.6 is 0 Å². The fourth-order valence-electron chi connectivity index (χ4n) is 7.71. The number of hydrogen-bond acceptors (Lipinski definition) is 6. The number of fused-ring (bicyclic) bond motifs is 5. The lowest BCUT2D eigenvalue weighted by molar-refractivity contribution is -0.274. The van der Waals surface area contributed by atoms with Gasteiger partial charge in [-0.15, -0.1) is 0 Å². The predicted molar refractivity (Wildman–Crippen MR) is 146 cm³/mol. The van der Waals surface area contributed by atoms with E-state index in [-0.39, 0.29) is 16.7 Å². The molecule has 0 unspecified atom stereocenters. The smallest absolute Gasteiger partial charge is 0.132 e. The molecule has 2 aromatic carbocycles. The van der Waals surface area contributed by atoms with Crippen LogP contribution in [0.2, 0.25) is 0 Å². The molecule has 4 atom stereocenters. The van der Waals surface area contributed by atoms with Crippen molar-refractivity contribution in [2.45, 2.75) is 44.8 Å². The van der Waals surface area contributed by atoms with E-state index in [4.69, 9.17) is 28.4 Å². The Hall–Kier alpha value is -1.80. The summed E-state index contributed by atoms with van der Waals surface area (Å²) in [5.74, 6) is 0.255. The average Bonchev–Trinajstić information content (AvgIpc) is 3.25. The molecule has 1 saturated heterocycles. The molecule has 0 amide bonds. The Kier molecular flexibility index (Phi) is 8.58. The number of benzene rings is 2. The zero-order valence-electron chi connectivity index (χ0n) is 23.3. The minimum absolute atomic E-state index is 0.0408. The highest BCUT2D eigenvalue weighted by atomic mass is 16.6. The first-order valence-corrected chi connectivity index (χ1v) is 14.2. The number of ether oxygens (including phenoxy) is 6. The lowest BCUT2D eigenvalue weighted by Crippen LogP contribution is -2.60. The van der Waals surface area contributed by atoms with Gasteiger partial charge < -0.3 is 28.4 Å². The topological polar surface area (TPSA) is 55.4 Å². The molecule has 2 aromatic rings. The molecule has 6 nitrogen and oxygen atoms in total. The minimum Gasteiger partial charge on any atom is -0.377 e. The van der Waals surface area contributed by atoms with Gasteiger partial charge in [-0.05, 0) is 29.4 Å². The zero-order valence-corrected chi connectivity index (χ0v) is 23.3. The molecule has 208 valence electrons. The SMILES string of the molecule is CC1(C)[C@@H]2CC[C@@]1(C)[C@]1(c3ccccc3)OCCOCCOCCOCCOCCO[C@]21c1ccccc1. The minimum atomic E-state index is -0.719. The summed E-state index contributed by atoms with van der Waals surface area (Å²) in [6.07, 6.45) is 2.15. The van der Waals surface area contributed by atoms with E-state index < -0.39 is 11.2 Å². The molecule has 5 rings (SSSR count). The molecule has 1 heterocycles. The molecule has 3 fully saturated rings. The summed E-state index contributed by atoms with van der Waals surface area (Å²) in [4.78, 5) is 0. The van der Waals surface area contributed by atoms with Crippen LogP contribution in [0.5, 0.6) is 0 Å². The first-order chi connectivity index (χ1) is 18.5. The Morgan fingerprint density at radius 3 is 1.53 bits per heavy atom. The van der Waals surface area contributed by atoms with Gasteiger partial charge in [0.25, 0.3) is 0 Å². The zero-order chi connectivity index (χ0) is 26.5. The van der Waals surface area contributed by atoms with E-state index in [1.54, 1.807) is 0 Å². The van der Waals surface area contributed by atoms with Crippen LogP contribution in [0.4, 0.5) is 0 Å². The van der Waals surface area contributed by atoms with Gasteiger partial charge in [-0.2, -0.15) is 0 Å². The third-order valence-electron chi connectivity index (χ3n) is 9.62. The van der Waals surface area contributed by atoms with E-state index in [9.17, 15) is 0 Å². The molecule has 0 aromatic heterocycles. The van der Waals surface area contributed by atoms with Gasteiger partial charge in [-0.3, -0.25) is 0 Å². The highest BCUT2D eigenvalue weighted by molar-refractivity contribution is 5.45. The van der Waals surface area contributed by atoms with Gasteiger partial charge in [0.2, 0.25) is 0 Å². The Morgan fingerprint density at radius 2 is 1.00 bits per heavy atom. The monoisotopic (exact) mass is 524 g/mol. The van der Waals surface area contributed by atoms with Crippen molar-refractivity contribution in [2.75, 3.05) is 66.1 Å². The molecule has 2 saturated carbocycles. The first-order valence-electron chi connectivity index (χ1n) is 14.2. The van der Waals surface area contributed by atoms with Crippen molar-refractivity contribution in [1.82, 2.24) is 0 Å². The van der Waals surface area contributed by atoms with Crippen LogP contribution in [0, 0.1) is 16.7 Å². The normalized spacial score (nSPS) is 35.2. The molecule has 6 heteroatoms. The van der Waals surface area contributed by atoms with Crippen molar-refractivity contribution in [3.8, 4) is 0 Å². The highest BCUT2D eigenvalue weighted by Crippen LogP contribution is 2.80. The van der Waals surface area contributed by atoms with E-state index in [1.165, 1.54) is 0 Å². The largest absolute Gasteiger partial charge is 0.377 e. The molecule has 0 spiro atoms. The lowest BCUT2D eigenvalue weighted by Gasteiger charge is -2.56. The summed E-state index contributed by atoms with van der Waals surface area (Å²) in [6.45, 7) is 12.4. The Labute approximate surface area is 227 Å². The fraction of sp³-hybridized carbons (Fsp3) is 0.625. The van der Waals surface area contributed by atoms with Gasteiger partial charge in [-0.25, -0.2) is 0 Å². The van der Waals surface area contributed by atoms with E-state index in [0.717, 1.165) is 24.0 Å².